The number of ether oxygens (including phenoxy) is 4. The van der Waals surface area contributed by atoms with Crippen LogP contribution >= 0.6 is 0 Å². The fourth-order valence-corrected chi connectivity index (χ4v) is 3.81. The number of aromatic nitrogens is 1. The highest BCUT2D eigenvalue weighted by Gasteiger charge is 2.31. The van der Waals surface area contributed by atoms with E-state index < -0.39 is 24.0 Å². The molecule has 13 heteroatoms. The van der Waals surface area contributed by atoms with Crippen molar-refractivity contribution in [3.63, 3.8) is 0 Å². The number of benzene rings is 2. The van der Waals surface area contributed by atoms with Gasteiger partial charge in [-0.05, 0) is 42.5 Å². The van der Waals surface area contributed by atoms with E-state index in [0.29, 0.717) is 39.4 Å². The van der Waals surface area contributed by atoms with Gasteiger partial charge in [0, 0.05) is 25.3 Å². The van der Waals surface area contributed by atoms with Crippen molar-refractivity contribution in [1.29, 1.82) is 0 Å². The maximum atomic E-state index is 13.6. The highest BCUT2D eigenvalue weighted by atomic mass is 19.4. The Labute approximate surface area is 231 Å². The van der Waals surface area contributed by atoms with Crippen molar-refractivity contribution in [1.82, 2.24) is 0 Å². The molecule has 0 atom stereocenters. The minimum atomic E-state index is -4.85. The first-order chi connectivity index (χ1) is 19.5. The lowest BCUT2D eigenvalue weighted by Crippen LogP contribution is -2.23. The van der Waals surface area contributed by atoms with Gasteiger partial charge < -0.3 is 28.7 Å². The van der Waals surface area contributed by atoms with Crippen LogP contribution in [-0.2, 0) is 16.1 Å². The minimum absolute atomic E-state index is 0.0133. The van der Waals surface area contributed by atoms with E-state index in [4.69, 9.17) is 18.6 Å². The van der Waals surface area contributed by atoms with Crippen LogP contribution in [0.4, 0.5) is 24.5 Å². The highest BCUT2D eigenvalue weighted by Crippen LogP contribution is 2.30. The van der Waals surface area contributed by atoms with Crippen molar-refractivity contribution < 1.29 is 51.1 Å². The van der Waals surface area contributed by atoms with Gasteiger partial charge in [-0.2, -0.15) is 0 Å². The number of H-pyrrole nitrogens is 1. The Morgan fingerprint density at radius 2 is 1.73 bits per heavy atom. The van der Waals surface area contributed by atoms with Gasteiger partial charge in [0.15, 0.2) is 6.20 Å². The molecule has 2 aromatic heterocycles. The number of nitrogens with zero attached hydrogens (tertiary/aromatic N) is 1. The van der Waals surface area contributed by atoms with Gasteiger partial charge in [0.2, 0.25) is 16.8 Å². The Balaban J connectivity index is 1.85. The van der Waals surface area contributed by atoms with Gasteiger partial charge in [0.1, 0.15) is 29.4 Å². The normalized spacial score (nSPS) is 11.7. The maximum absolute atomic E-state index is 13.6. The molecule has 4 aromatic rings. The molecule has 0 saturated heterocycles. The highest BCUT2D eigenvalue weighted by molar-refractivity contribution is 6.06. The number of carbonyl (C=O) groups is 2. The lowest BCUT2D eigenvalue weighted by atomic mass is 10.1. The van der Waals surface area contributed by atoms with Crippen molar-refractivity contribution >= 4 is 34.2 Å². The number of hydrogen-bond acceptors (Lipinski definition) is 8. The summed E-state index contributed by atoms with van der Waals surface area (Å²) in [4.78, 5) is 32.5. The smallest absolute Gasteiger partial charge is 0.497 e. The van der Waals surface area contributed by atoms with Gasteiger partial charge in [0.25, 0.3) is 5.91 Å². The molecule has 0 unspecified atom stereocenters. The molecule has 0 spiro atoms. The number of hydrogen-bond donors (Lipinski definition) is 1. The van der Waals surface area contributed by atoms with Crippen LogP contribution in [0.1, 0.15) is 28.5 Å². The second-order valence-corrected chi connectivity index (χ2v) is 8.60. The number of anilines is 1. The van der Waals surface area contributed by atoms with E-state index in [2.05, 4.69) is 20.0 Å². The Morgan fingerprint density at radius 3 is 2.37 bits per heavy atom. The van der Waals surface area contributed by atoms with E-state index in [1.807, 2.05) is 0 Å². The number of amides is 1. The molecule has 0 aliphatic heterocycles. The average Bonchev–Trinajstić information content (AvgIpc) is 2.93. The summed E-state index contributed by atoms with van der Waals surface area (Å²) < 4.78 is 63.4. The summed E-state index contributed by atoms with van der Waals surface area (Å²) in [5.74, 6) is -0.716. The third kappa shape index (κ3) is 7.12. The Morgan fingerprint density at radius 1 is 1.02 bits per heavy atom. The fraction of sp³-hybridized carbons (Fsp3) is 0.214. The quantitative estimate of drug-likeness (QED) is 0.294. The number of rotatable bonds is 8. The number of alkyl halides is 3. The van der Waals surface area contributed by atoms with Gasteiger partial charge in [-0.15, -0.1) is 13.2 Å². The van der Waals surface area contributed by atoms with Crippen LogP contribution in [0, 0.1) is 6.92 Å². The van der Waals surface area contributed by atoms with Crippen LogP contribution in [-0.4, -0.2) is 32.5 Å². The van der Waals surface area contributed by atoms with Crippen LogP contribution in [0.25, 0.3) is 11.0 Å². The summed E-state index contributed by atoms with van der Waals surface area (Å²) in [6, 6.07) is 11.1. The first-order valence-electron chi connectivity index (χ1n) is 12.0. The van der Waals surface area contributed by atoms with Gasteiger partial charge >= 0.3 is 12.3 Å². The maximum Gasteiger partial charge on any atom is 0.573 e. The van der Waals surface area contributed by atoms with Crippen LogP contribution in [0.3, 0.4) is 0 Å². The molecule has 10 nitrogen and oxygen atoms in total. The van der Waals surface area contributed by atoms with E-state index >= 15 is 0 Å². The van der Waals surface area contributed by atoms with Gasteiger partial charge in [-0.3, -0.25) is 9.59 Å². The molecule has 0 saturated carbocycles. The summed E-state index contributed by atoms with van der Waals surface area (Å²) in [5.41, 5.74) is 1.81. The molecule has 2 N–H and O–H groups in total. The average molecular weight is 573 g/mol. The molecule has 0 fully saturated rings. The summed E-state index contributed by atoms with van der Waals surface area (Å²) in [7, 11) is 2.93. The molecule has 41 heavy (non-hydrogen) atoms. The Kier molecular flexibility index (Phi) is 8.45. The summed E-state index contributed by atoms with van der Waals surface area (Å²) >= 11 is 0. The molecular weight excluding hydrogens is 547 g/mol. The molecule has 4 rings (SSSR count). The van der Waals surface area contributed by atoms with E-state index in [9.17, 15) is 22.8 Å². The molecule has 0 aliphatic rings. The molecule has 2 aromatic carbocycles. The van der Waals surface area contributed by atoms with E-state index in [0.717, 1.165) is 12.1 Å². The molecule has 0 radical (unpaired) electrons. The van der Waals surface area contributed by atoms with Crippen LogP contribution in [0.15, 0.2) is 64.1 Å². The lowest BCUT2D eigenvalue weighted by molar-refractivity contribution is -0.386. The zero-order chi connectivity index (χ0) is 29.7. The number of carbonyl (C=O) groups excluding carboxylic acids is 2. The molecule has 0 bridgehead atoms. The first-order valence-corrected chi connectivity index (χ1v) is 12.0. The number of nitrogens with one attached hydrogen (secondary N) is 2. The Bertz CT molecular complexity index is 1670. The second-order valence-electron chi connectivity index (χ2n) is 8.60. The van der Waals surface area contributed by atoms with Crippen molar-refractivity contribution in [2.24, 2.45) is 4.99 Å². The summed E-state index contributed by atoms with van der Waals surface area (Å²) in [6.07, 6.45) is -3.22. The topological polar surface area (TPSA) is 123 Å². The van der Waals surface area contributed by atoms with Crippen molar-refractivity contribution in [2.75, 3.05) is 19.5 Å². The number of esters is 1. The molecule has 0 aliphatic carbocycles. The monoisotopic (exact) mass is 572 g/mol. The summed E-state index contributed by atoms with van der Waals surface area (Å²) in [6.45, 7) is 2.91. The number of methoxy groups -OCH3 is 2. The fourth-order valence-electron chi connectivity index (χ4n) is 3.81. The molecular formula is C28H25F3N3O7+. The van der Waals surface area contributed by atoms with E-state index in [-0.39, 0.29) is 23.4 Å². The summed E-state index contributed by atoms with van der Waals surface area (Å²) in [5, 5.41) is 3.24. The van der Waals surface area contributed by atoms with Crippen molar-refractivity contribution in [3.05, 3.63) is 77.1 Å². The van der Waals surface area contributed by atoms with Gasteiger partial charge in [-0.1, -0.05) is 0 Å². The Hall–Kier alpha value is -5.07. The SMILES string of the molecule is COc1ccc(NC(=O)c2cc3c(COC(C)=O)c[nH+]c(C)c3oc2=Nc2ccc(OC(F)(F)F)cc2)c(OC)c1. The molecule has 1 amide bonds. The van der Waals surface area contributed by atoms with Crippen LogP contribution in [0.2, 0.25) is 0 Å². The van der Waals surface area contributed by atoms with E-state index in [1.165, 1.54) is 39.3 Å². The minimum Gasteiger partial charge on any atom is -0.497 e. The third-order valence-electron chi connectivity index (χ3n) is 5.75. The largest absolute Gasteiger partial charge is 0.573 e. The van der Waals surface area contributed by atoms with Crippen molar-refractivity contribution in [2.45, 2.75) is 26.8 Å². The first kappa shape index (κ1) is 28.9. The van der Waals surface area contributed by atoms with Crippen LogP contribution < -0.4 is 30.1 Å². The number of fused-ring (bicyclic) bond motifs is 1. The zero-order valence-electron chi connectivity index (χ0n) is 22.3. The molecule has 2 heterocycles. The van der Waals surface area contributed by atoms with Gasteiger partial charge in [0.05, 0.1) is 31.2 Å². The second kappa shape index (κ2) is 12.0. The standard InChI is InChI=1S/C28H24F3N3O7/c1-15-25-21(17(13-32-15)14-39-16(2)35)12-22(26(36)34-23-10-9-20(37-3)11-24(23)38-4)27(40-25)33-18-5-7-19(8-6-18)41-28(29,30)31/h5-13H,14H2,1-4H3,(H,34,36)/p+1. The number of aryl methyl sites for hydroxylation is 1. The number of aromatic amines is 1. The molecule has 214 valence electrons. The van der Waals surface area contributed by atoms with E-state index in [1.54, 1.807) is 31.3 Å². The number of pyridine rings is 1. The number of halogens is 3. The van der Waals surface area contributed by atoms with Crippen molar-refractivity contribution in [3.8, 4) is 17.2 Å². The predicted molar refractivity (Wildman–Crippen MR) is 139 cm³/mol. The zero-order valence-corrected chi connectivity index (χ0v) is 22.3. The third-order valence-corrected chi connectivity index (χ3v) is 5.75. The van der Waals surface area contributed by atoms with Gasteiger partial charge in [-0.25, -0.2) is 9.98 Å². The lowest BCUT2D eigenvalue weighted by Gasteiger charge is -2.12. The van der Waals surface area contributed by atoms with Crippen LogP contribution in [0.5, 0.6) is 17.2 Å². The predicted octanol–water partition coefficient (Wildman–Crippen LogP) is 5.02.